The Morgan fingerprint density at radius 1 is 1.38 bits per heavy atom. The van der Waals surface area contributed by atoms with E-state index in [1.54, 1.807) is 0 Å². The first-order chi connectivity index (χ1) is 10.3. The molecule has 0 spiro atoms. The van der Waals surface area contributed by atoms with Gasteiger partial charge in [0.15, 0.2) is 0 Å². The maximum absolute atomic E-state index is 6.19. The fourth-order valence-electron chi connectivity index (χ4n) is 4.28. The Morgan fingerprint density at radius 2 is 2.29 bits per heavy atom. The van der Waals surface area contributed by atoms with Crippen LogP contribution in [-0.2, 0) is 6.54 Å². The molecule has 4 heteroatoms. The number of rotatable bonds is 3. The minimum absolute atomic E-state index is 0.426. The van der Waals surface area contributed by atoms with Crippen molar-refractivity contribution in [3.05, 3.63) is 29.0 Å². The van der Waals surface area contributed by atoms with Crippen LogP contribution in [0.2, 0.25) is 5.02 Å². The summed E-state index contributed by atoms with van der Waals surface area (Å²) in [4.78, 5) is 4.96. The van der Waals surface area contributed by atoms with E-state index in [2.05, 4.69) is 28.9 Å². The number of nitrogens with zero attached hydrogens (tertiary/aromatic N) is 2. The van der Waals surface area contributed by atoms with Gasteiger partial charge in [-0.1, -0.05) is 24.9 Å². The Kier molecular flexibility index (Phi) is 3.43. The van der Waals surface area contributed by atoms with E-state index in [4.69, 9.17) is 16.6 Å². The second-order valence-electron chi connectivity index (χ2n) is 6.50. The molecule has 0 amide bonds. The van der Waals surface area contributed by atoms with Crippen molar-refractivity contribution in [2.24, 2.45) is 11.8 Å². The lowest BCUT2D eigenvalue weighted by molar-refractivity contribution is 0.397. The number of aromatic nitrogens is 2. The molecule has 112 valence electrons. The summed E-state index contributed by atoms with van der Waals surface area (Å²) in [6.07, 6.45) is 5.23. The van der Waals surface area contributed by atoms with E-state index in [0.29, 0.717) is 6.04 Å². The predicted octanol–water partition coefficient (Wildman–Crippen LogP) is 4.16. The van der Waals surface area contributed by atoms with Gasteiger partial charge in [-0.2, -0.15) is 0 Å². The Labute approximate surface area is 130 Å². The van der Waals surface area contributed by atoms with Gasteiger partial charge in [-0.25, -0.2) is 4.98 Å². The van der Waals surface area contributed by atoms with Crippen molar-refractivity contribution >= 4 is 22.6 Å². The average molecular weight is 304 g/mol. The fourth-order valence-corrected chi connectivity index (χ4v) is 4.45. The van der Waals surface area contributed by atoms with Gasteiger partial charge in [-0.15, -0.1) is 0 Å². The second kappa shape index (κ2) is 5.29. The maximum Gasteiger partial charge on any atom is 0.127 e. The van der Waals surface area contributed by atoms with Crippen LogP contribution in [0.15, 0.2) is 18.2 Å². The van der Waals surface area contributed by atoms with E-state index in [-0.39, 0.29) is 0 Å². The fraction of sp³-hybridized carbons (Fsp3) is 0.588. The maximum atomic E-state index is 6.19. The van der Waals surface area contributed by atoms with E-state index in [9.17, 15) is 0 Å². The molecule has 1 aromatic carbocycles. The predicted molar refractivity (Wildman–Crippen MR) is 86.6 cm³/mol. The first-order valence-corrected chi connectivity index (χ1v) is 8.55. The van der Waals surface area contributed by atoms with E-state index >= 15 is 0 Å². The van der Waals surface area contributed by atoms with Crippen molar-refractivity contribution in [3.63, 3.8) is 0 Å². The number of imidazole rings is 1. The highest BCUT2D eigenvalue weighted by atomic mass is 35.5. The SMILES string of the molecule is CCCn1c(C2NCC3CCCC32)nc2ccc(Cl)cc21. The molecule has 0 bridgehead atoms. The molecule has 1 N–H and O–H groups in total. The molecule has 1 saturated carbocycles. The molecule has 2 aliphatic rings. The molecular formula is C17H22ClN3. The van der Waals surface area contributed by atoms with Crippen LogP contribution in [0.25, 0.3) is 11.0 Å². The van der Waals surface area contributed by atoms with Crippen LogP contribution in [0, 0.1) is 11.8 Å². The molecule has 3 nitrogen and oxygen atoms in total. The molecule has 2 heterocycles. The van der Waals surface area contributed by atoms with Crippen LogP contribution >= 0.6 is 11.6 Å². The van der Waals surface area contributed by atoms with Crippen molar-refractivity contribution in [3.8, 4) is 0 Å². The first kappa shape index (κ1) is 13.6. The molecule has 3 unspecified atom stereocenters. The lowest BCUT2D eigenvalue weighted by Gasteiger charge is -2.19. The van der Waals surface area contributed by atoms with Crippen LogP contribution in [0.5, 0.6) is 0 Å². The van der Waals surface area contributed by atoms with Crippen LogP contribution < -0.4 is 5.32 Å². The van der Waals surface area contributed by atoms with Gasteiger partial charge in [0.05, 0.1) is 17.1 Å². The Bertz CT molecular complexity index is 663. The second-order valence-corrected chi connectivity index (χ2v) is 6.93. The summed E-state index contributed by atoms with van der Waals surface area (Å²) in [7, 11) is 0. The summed E-state index contributed by atoms with van der Waals surface area (Å²) in [6.45, 7) is 4.40. The van der Waals surface area contributed by atoms with Gasteiger partial charge in [0.1, 0.15) is 5.82 Å². The standard InChI is InChI=1S/C17H22ClN3/c1-2-8-21-15-9-12(18)6-7-14(15)20-17(21)16-13-5-3-4-11(13)10-19-16/h6-7,9,11,13,16,19H,2-5,8,10H2,1H3. The number of fused-ring (bicyclic) bond motifs is 2. The molecule has 1 aliphatic carbocycles. The zero-order valence-electron chi connectivity index (χ0n) is 12.5. The minimum atomic E-state index is 0.426. The average Bonchev–Trinajstić information content (AvgIpc) is 3.14. The third-order valence-electron chi connectivity index (χ3n) is 5.21. The van der Waals surface area contributed by atoms with Crippen molar-refractivity contribution in [2.75, 3.05) is 6.54 Å². The molecule has 2 fully saturated rings. The molecule has 1 aromatic heterocycles. The summed E-state index contributed by atoms with van der Waals surface area (Å²) in [6, 6.07) is 6.48. The first-order valence-electron chi connectivity index (χ1n) is 8.17. The number of aryl methyl sites for hydroxylation is 1. The van der Waals surface area contributed by atoms with Crippen molar-refractivity contribution < 1.29 is 0 Å². The Balaban J connectivity index is 1.82. The highest BCUT2D eigenvalue weighted by Crippen LogP contribution is 2.44. The number of halogens is 1. The summed E-state index contributed by atoms with van der Waals surface area (Å²) in [5.41, 5.74) is 2.26. The summed E-state index contributed by atoms with van der Waals surface area (Å²) in [5.74, 6) is 2.85. The molecule has 2 aromatic rings. The number of hydrogen-bond donors (Lipinski definition) is 1. The Morgan fingerprint density at radius 3 is 3.14 bits per heavy atom. The van der Waals surface area contributed by atoms with Gasteiger partial charge in [0.25, 0.3) is 0 Å². The number of nitrogens with one attached hydrogen (secondary N) is 1. The topological polar surface area (TPSA) is 29.9 Å². The highest BCUT2D eigenvalue weighted by Gasteiger charge is 2.41. The van der Waals surface area contributed by atoms with Crippen molar-refractivity contribution in [1.29, 1.82) is 0 Å². The highest BCUT2D eigenvalue weighted by molar-refractivity contribution is 6.31. The third kappa shape index (κ3) is 2.18. The molecule has 21 heavy (non-hydrogen) atoms. The minimum Gasteiger partial charge on any atom is -0.327 e. The van der Waals surface area contributed by atoms with Gasteiger partial charge < -0.3 is 9.88 Å². The van der Waals surface area contributed by atoms with E-state index < -0.39 is 0 Å². The molecule has 4 rings (SSSR count). The molecule has 1 saturated heterocycles. The monoisotopic (exact) mass is 303 g/mol. The van der Waals surface area contributed by atoms with Gasteiger partial charge in [0.2, 0.25) is 0 Å². The van der Waals surface area contributed by atoms with Crippen LogP contribution in [0.4, 0.5) is 0 Å². The lowest BCUT2D eigenvalue weighted by Crippen LogP contribution is -2.22. The van der Waals surface area contributed by atoms with Gasteiger partial charge >= 0.3 is 0 Å². The third-order valence-corrected chi connectivity index (χ3v) is 5.45. The quantitative estimate of drug-likeness (QED) is 0.922. The van der Waals surface area contributed by atoms with Crippen molar-refractivity contribution in [1.82, 2.24) is 14.9 Å². The van der Waals surface area contributed by atoms with E-state index in [1.165, 1.54) is 30.6 Å². The normalized spacial score (nSPS) is 28.4. The number of hydrogen-bond acceptors (Lipinski definition) is 2. The Hall–Kier alpha value is -1.06. The summed E-state index contributed by atoms with van der Waals surface area (Å²) < 4.78 is 2.39. The smallest absolute Gasteiger partial charge is 0.127 e. The van der Waals surface area contributed by atoms with Gasteiger partial charge in [0, 0.05) is 11.6 Å². The van der Waals surface area contributed by atoms with Gasteiger partial charge in [-0.3, -0.25) is 0 Å². The lowest BCUT2D eigenvalue weighted by atomic mass is 9.93. The largest absolute Gasteiger partial charge is 0.327 e. The van der Waals surface area contributed by atoms with Gasteiger partial charge in [-0.05, 0) is 55.8 Å². The molecule has 1 aliphatic heterocycles. The van der Waals surface area contributed by atoms with Crippen LogP contribution in [-0.4, -0.2) is 16.1 Å². The molecular weight excluding hydrogens is 282 g/mol. The molecule has 3 atom stereocenters. The van der Waals surface area contributed by atoms with E-state index in [1.807, 2.05) is 6.07 Å². The van der Waals surface area contributed by atoms with E-state index in [0.717, 1.165) is 41.9 Å². The van der Waals surface area contributed by atoms with Crippen LogP contribution in [0.3, 0.4) is 0 Å². The number of benzene rings is 1. The zero-order chi connectivity index (χ0) is 14.4. The van der Waals surface area contributed by atoms with Crippen molar-refractivity contribution in [2.45, 2.75) is 45.2 Å². The molecule has 0 radical (unpaired) electrons. The summed E-state index contributed by atoms with van der Waals surface area (Å²) >= 11 is 6.19. The summed E-state index contributed by atoms with van der Waals surface area (Å²) in [5, 5.41) is 4.53. The zero-order valence-corrected chi connectivity index (χ0v) is 13.2. The van der Waals surface area contributed by atoms with Crippen LogP contribution in [0.1, 0.15) is 44.5 Å².